The zero-order chi connectivity index (χ0) is 18.4. The van der Waals surface area contributed by atoms with Crippen molar-refractivity contribution < 1.29 is 26.4 Å². The SMILES string of the molecule is CS(=O)(=O)NC(=O)c1nn(-c2cccc(C(F)(F)F)c2)c2c1CCC2. The maximum atomic E-state index is 12.9. The van der Waals surface area contributed by atoms with Gasteiger partial charge >= 0.3 is 6.18 Å². The lowest BCUT2D eigenvalue weighted by molar-refractivity contribution is -0.137. The lowest BCUT2D eigenvalue weighted by Gasteiger charge is -2.10. The highest BCUT2D eigenvalue weighted by molar-refractivity contribution is 7.89. The van der Waals surface area contributed by atoms with E-state index in [1.165, 1.54) is 16.8 Å². The summed E-state index contributed by atoms with van der Waals surface area (Å²) in [6.07, 6.45) is -1.88. The smallest absolute Gasteiger partial charge is 0.266 e. The first-order chi connectivity index (χ1) is 11.6. The van der Waals surface area contributed by atoms with Crippen LogP contribution in [0.5, 0.6) is 0 Å². The fourth-order valence-corrected chi connectivity index (χ4v) is 3.30. The minimum atomic E-state index is -4.50. The van der Waals surface area contributed by atoms with Crippen LogP contribution in [0.25, 0.3) is 5.69 Å². The van der Waals surface area contributed by atoms with Crippen LogP contribution >= 0.6 is 0 Å². The molecule has 0 fully saturated rings. The maximum absolute atomic E-state index is 12.9. The highest BCUT2D eigenvalue weighted by atomic mass is 32.2. The quantitative estimate of drug-likeness (QED) is 0.893. The third-order valence-electron chi connectivity index (χ3n) is 3.84. The molecular formula is C15H14F3N3O3S. The van der Waals surface area contributed by atoms with Gasteiger partial charge in [-0.2, -0.15) is 18.3 Å². The predicted octanol–water partition coefficient (Wildman–Crippen LogP) is 2.07. The number of carbonyl (C=O) groups is 1. The van der Waals surface area contributed by atoms with Gasteiger partial charge in [0.05, 0.1) is 17.5 Å². The number of nitrogens with zero attached hydrogens (tertiary/aromatic N) is 2. The zero-order valence-electron chi connectivity index (χ0n) is 13.1. The molecule has 0 atom stereocenters. The van der Waals surface area contributed by atoms with Gasteiger partial charge in [-0.3, -0.25) is 4.79 Å². The first-order valence-electron chi connectivity index (χ1n) is 7.37. The van der Waals surface area contributed by atoms with Crippen molar-refractivity contribution in [2.75, 3.05) is 6.26 Å². The second kappa shape index (κ2) is 5.87. The third-order valence-corrected chi connectivity index (χ3v) is 4.40. The number of carbonyl (C=O) groups excluding carboxylic acids is 1. The Morgan fingerprint density at radius 1 is 1.28 bits per heavy atom. The maximum Gasteiger partial charge on any atom is 0.416 e. The number of aromatic nitrogens is 2. The highest BCUT2D eigenvalue weighted by Gasteiger charge is 2.32. The molecule has 10 heteroatoms. The Labute approximate surface area is 141 Å². The standard InChI is InChI=1S/C15H14F3N3O3S/c1-25(23,24)20-14(22)13-11-6-3-7-12(11)21(19-13)10-5-2-4-9(8-10)15(16,17)18/h2,4-5,8H,3,6-7H2,1H3,(H,20,22). The van der Waals surface area contributed by atoms with E-state index in [0.29, 0.717) is 30.5 Å². The van der Waals surface area contributed by atoms with Gasteiger partial charge in [0.2, 0.25) is 10.0 Å². The molecule has 3 rings (SSSR count). The number of alkyl halides is 3. The number of fused-ring (bicyclic) bond motifs is 1. The minimum absolute atomic E-state index is 0.0738. The van der Waals surface area contributed by atoms with Gasteiger partial charge in [-0.15, -0.1) is 0 Å². The molecule has 1 aliphatic rings. The van der Waals surface area contributed by atoms with Crippen LogP contribution in [0.15, 0.2) is 24.3 Å². The molecule has 2 aromatic rings. The van der Waals surface area contributed by atoms with Crippen LogP contribution in [-0.4, -0.2) is 30.4 Å². The molecule has 1 aliphatic carbocycles. The van der Waals surface area contributed by atoms with Gasteiger partial charge in [-0.05, 0) is 37.5 Å². The van der Waals surface area contributed by atoms with Gasteiger partial charge in [-0.25, -0.2) is 17.8 Å². The molecule has 134 valence electrons. The Balaban J connectivity index is 2.08. The first kappa shape index (κ1) is 17.5. The summed E-state index contributed by atoms with van der Waals surface area (Å²) in [6, 6.07) is 4.62. The lowest BCUT2D eigenvalue weighted by Crippen LogP contribution is -2.30. The number of rotatable bonds is 3. The molecule has 25 heavy (non-hydrogen) atoms. The topological polar surface area (TPSA) is 81.1 Å². The Hall–Kier alpha value is -2.36. The summed E-state index contributed by atoms with van der Waals surface area (Å²) in [5.74, 6) is -0.883. The molecule has 0 radical (unpaired) electrons. The van der Waals surface area contributed by atoms with Crippen LogP contribution in [0, 0.1) is 0 Å². The Bertz CT molecular complexity index is 949. The largest absolute Gasteiger partial charge is 0.416 e. The van der Waals surface area contributed by atoms with E-state index in [4.69, 9.17) is 0 Å². The number of hydrogen-bond acceptors (Lipinski definition) is 4. The fraction of sp³-hybridized carbons (Fsp3) is 0.333. The van der Waals surface area contributed by atoms with Crippen molar-refractivity contribution in [3.8, 4) is 5.69 Å². The zero-order valence-corrected chi connectivity index (χ0v) is 13.9. The van der Waals surface area contributed by atoms with Crippen molar-refractivity contribution in [1.29, 1.82) is 0 Å². The average Bonchev–Trinajstić information content (AvgIpc) is 3.06. The number of amides is 1. The van der Waals surface area contributed by atoms with E-state index in [1.807, 2.05) is 4.72 Å². The second-order valence-corrected chi connectivity index (χ2v) is 7.54. The van der Waals surface area contributed by atoms with Crippen molar-refractivity contribution in [3.05, 3.63) is 46.8 Å². The number of sulfonamides is 1. The Morgan fingerprint density at radius 2 is 2.00 bits per heavy atom. The van der Waals surface area contributed by atoms with Gasteiger partial charge in [0.1, 0.15) is 0 Å². The van der Waals surface area contributed by atoms with E-state index in [-0.39, 0.29) is 11.4 Å². The van der Waals surface area contributed by atoms with Crippen LogP contribution in [0.3, 0.4) is 0 Å². The highest BCUT2D eigenvalue weighted by Crippen LogP contribution is 2.32. The van der Waals surface area contributed by atoms with E-state index >= 15 is 0 Å². The molecular weight excluding hydrogens is 359 g/mol. The Kier molecular flexibility index (Phi) is 4.10. The third kappa shape index (κ3) is 3.53. The average molecular weight is 373 g/mol. The number of benzene rings is 1. The molecule has 1 aromatic heterocycles. The lowest BCUT2D eigenvalue weighted by atomic mass is 10.2. The van der Waals surface area contributed by atoms with E-state index in [1.54, 1.807) is 0 Å². The van der Waals surface area contributed by atoms with Gasteiger partial charge in [0.25, 0.3) is 5.91 Å². The van der Waals surface area contributed by atoms with Crippen molar-refractivity contribution >= 4 is 15.9 Å². The molecule has 1 N–H and O–H groups in total. The Morgan fingerprint density at radius 3 is 2.64 bits per heavy atom. The van der Waals surface area contributed by atoms with Crippen molar-refractivity contribution in [1.82, 2.24) is 14.5 Å². The summed E-state index contributed by atoms with van der Waals surface area (Å²) in [5.41, 5.74) is 0.465. The van der Waals surface area contributed by atoms with Crippen molar-refractivity contribution in [2.45, 2.75) is 25.4 Å². The summed E-state index contributed by atoms with van der Waals surface area (Å²) in [4.78, 5) is 12.1. The summed E-state index contributed by atoms with van der Waals surface area (Å²) < 4.78 is 64.4. The molecule has 0 saturated carbocycles. The predicted molar refractivity (Wildman–Crippen MR) is 82.9 cm³/mol. The van der Waals surface area contributed by atoms with Crippen molar-refractivity contribution in [2.24, 2.45) is 0 Å². The van der Waals surface area contributed by atoms with Gasteiger partial charge in [-0.1, -0.05) is 6.07 Å². The van der Waals surface area contributed by atoms with Crippen LogP contribution < -0.4 is 4.72 Å². The van der Waals surface area contributed by atoms with Crippen LogP contribution in [-0.2, 0) is 29.0 Å². The first-order valence-corrected chi connectivity index (χ1v) is 9.26. The number of nitrogens with one attached hydrogen (secondary N) is 1. The molecule has 0 aliphatic heterocycles. The summed E-state index contributed by atoms with van der Waals surface area (Å²) >= 11 is 0. The molecule has 6 nitrogen and oxygen atoms in total. The molecule has 1 heterocycles. The molecule has 0 saturated heterocycles. The van der Waals surface area contributed by atoms with E-state index in [0.717, 1.165) is 18.4 Å². The number of halogens is 3. The molecule has 1 amide bonds. The monoisotopic (exact) mass is 373 g/mol. The van der Waals surface area contributed by atoms with E-state index in [9.17, 15) is 26.4 Å². The van der Waals surface area contributed by atoms with Crippen molar-refractivity contribution in [3.63, 3.8) is 0 Å². The van der Waals surface area contributed by atoms with Gasteiger partial charge < -0.3 is 0 Å². The van der Waals surface area contributed by atoms with Gasteiger partial charge in [0, 0.05) is 11.3 Å². The van der Waals surface area contributed by atoms with Crippen LogP contribution in [0.1, 0.15) is 33.7 Å². The molecule has 0 bridgehead atoms. The molecule has 0 unspecified atom stereocenters. The van der Waals surface area contributed by atoms with Crippen LogP contribution in [0.2, 0.25) is 0 Å². The summed E-state index contributed by atoms with van der Waals surface area (Å²) in [5, 5.41) is 4.08. The number of hydrogen-bond donors (Lipinski definition) is 1. The van der Waals surface area contributed by atoms with Gasteiger partial charge in [0.15, 0.2) is 5.69 Å². The molecule has 1 aromatic carbocycles. The van der Waals surface area contributed by atoms with E-state index < -0.39 is 27.7 Å². The summed E-state index contributed by atoms with van der Waals surface area (Å²) in [6.45, 7) is 0. The van der Waals surface area contributed by atoms with Crippen LogP contribution in [0.4, 0.5) is 13.2 Å². The summed E-state index contributed by atoms with van der Waals surface area (Å²) in [7, 11) is -3.77. The second-order valence-electron chi connectivity index (χ2n) is 5.79. The minimum Gasteiger partial charge on any atom is -0.266 e. The normalized spacial score (nSPS) is 14.4. The molecule has 0 spiro atoms. The van der Waals surface area contributed by atoms with E-state index in [2.05, 4.69) is 5.10 Å². The fourth-order valence-electron chi connectivity index (χ4n) is 2.86.